The Balaban J connectivity index is 3.46. The van der Waals surface area contributed by atoms with Crippen LogP contribution in [0.3, 0.4) is 0 Å². The van der Waals surface area contributed by atoms with Gasteiger partial charge in [-0.1, -0.05) is 0 Å². The molecule has 1 aromatic heterocycles. The lowest BCUT2D eigenvalue weighted by molar-refractivity contribution is 0.0525. The van der Waals surface area contributed by atoms with Crippen LogP contribution in [-0.4, -0.2) is 28.6 Å². The number of aromatic carboxylic acids is 1. The van der Waals surface area contributed by atoms with Gasteiger partial charge in [0.15, 0.2) is 0 Å². The molecule has 0 amide bonds. The molecule has 0 aromatic carbocycles. The van der Waals surface area contributed by atoms with Crippen LogP contribution in [-0.2, 0) is 4.74 Å². The standard InChI is InChI=1S/C10H8N2O5/c1-2-17-10(16)5-3-7(9(14)15)12-8(13)6(5)4-11/h3H,2H2,1H3,(H,12,13)(H,14,15). The Morgan fingerprint density at radius 1 is 1.59 bits per heavy atom. The van der Waals surface area contributed by atoms with E-state index in [2.05, 4.69) is 4.74 Å². The van der Waals surface area contributed by atoms with Crippen molar-refractivity contribution in [1.29, 1.82) is 5.26 Å². The minimum absolute atomic E-state index is 0.0545. The van der Waals surface area contributed by atoms with Crippen LogP contribution in [0.15, 0.2) is 10.9 Å². The number of carbonyl (C=O) groups is 2. The van der Waals surface area contributed by atoms with Crippen LogP contribution in [0.1, 0.15) is 33.3 Å². The van der Waals surface area contributed by atoms with Crippen molar-refractivity contribution in [2.75, 3.05) is 6.61 Å². The van der Waals surface area contributed by atoms with Gasteiger partial charge in [-0.15, -0.1) is 0 Å². The Morgan fingerprint density at radius 3 is 2.71 bits per heavy atom. The molecular weight excluding hydrogens is 228 g/mol. The number of rotatable bonds is 3. The van der Waals surface area contributed by atoms with E-state index in [1.54, 1.807) is 6.92 Å². The Kier molecular flexibility index (Phi) is 3.62. The first-order chi connectivity index (χ1) is 8.01. The lowest BCUT2D eigenvalue weighted by Crippen LogP contribution is -2.21. The summed E-state index contributed by atoms with van der Waals surface area (Å²) in [6.07, 6.45) is 0. The molecule has 0 atom stereocenters. The molecule has 7 nitrogen and oxygen atoms in total. The Hall–Kier alpha value is -2.62. The first-order valence-corrected chi connectivity index (χ1v) is 4.59. The molecule has 88 valence electrons. The van der Waals surface area contributed by atoms with Crippen LogP contribution < -0.4 is 5.56 Å². The molecule has 1 aromatic rings. The Labute approximate surface area is 95.3 Å². The van der Waals surface area contributed by atoms with Crippen LogP contribution in [0.5, 0.6) is 0 Å². The van der Waals surface area contributed by atoms with Crippen molar-refractivity contribution in [3.05, 3.63) is 33.2 Å². The van der Waals surface area contributed by atoms with Crippen molar-refractivity contribution in [2.45, 2.75) is 6.92 Å². The van der Waals surface area contributed by atoms with Crippen molar-refractivity contribution in [3.8, 4) is 6.07 Å². The zero-order valence-corrected chi connectivity index (χ0v) is 8.81. The summed E-state index contributed by atoms with van der Waals surface area (Å²) >= 11 is 0. The van der Waals surface area contributed by atoms with E-state index in [-0.39, 0.29) is 12.2 Å². The van der Waals surface area contributed by atoms with Crippen LogP contribution in [0, 0.1) is 11.3 Å². The topological polar surface area (TPSA) is 120 Å². The van der Waals surface area contributed by atoms with Crippen molar-refractivity contribution < 1.29 is 19.4 Å². The molecule has 0 aliphatic heterocycles. The molecule has 0 unspecified atom stereocenters. The number of aromatic nitrogens is 1. The maximum absolute atomic E-state index is 11.4. The molecule has 2 N–H and O–H groups in total. The van der Waals surface area contributed by atoms with Gasteiger partial charge in [0.1, 0.15) is 17.3 Å². The van der Waals surface area contributed by atoms with E-state index < -0.39 is 28.8 Å². The predicted molar refractivity (Wildman–Crippen MR) is 54.7 cm³/mol. The van der Waals surface area contributed by atoms with Crippen molar-refractivity contribution in [3.63, 3.8) is 0 Å². The molecule has 0 spiro atoms. The van der Waals surface area contributed by atoms with E-state index in [0.717, 1.165) is 6.07 Å². The Bertz CT molecular complexity index is 567. The number of hydrogen-bond donors (Lipinski definition) is 2. The number of H-pyrrole nitrogens is 1. The molecule has 0 aliphatic carbocycles. The second kappa shape index (κ2) is 4.94. The van der Waals surface area contributed by atoms with Gasteiger partial charge in [0.05, 0.1) is 12.2 Å². The average Bonchev–Trinajstić information content (AvgIpc) is 2.28. The number of nitrogens with one attached hydrogen (secondary N) is 1. The van der Waals surface area contributed by atoms with Crippen LogP contribution in [0.4, 0.5) is 0 Å². The zero-order chi connectivity index (χ0) is 13.0. The second-order valence-corrected chi connectivity index (χ2v) is 2.94. The minimum atomic E-state index is -1.41. The first kappa shape index (κ1) is 12.4. The predicted octanol–water partition coefficient (Wildman–Crippen LogP) is 0.121. The molecule has 0 saturated heterocycles. The molecule has 1 heterocycles. The summed E-state index contributed by atoms with van der Waals surface area (Å²) in [7, 11) is 0. The van der Waals surface area contributed by atoms with Crippen molar-refractivity contribution in [2.24, 2.45) is 0 Å². The van der Waals surface area contributed by atoms with E-state index in [9.17, 15) is 14.4 Å². The highest BCUT2D eigenvalue weighted by atomic mass is 16.5. The van der Waals surface area contributed by atoms with Gasteiger partial charge in [-0.2, -0.15) is 5.26 Å². The van der Waals surface area contributed by atoms with E-state index in [1.807, 2.05) is 4.98 Å². The van der Waals surface area contributed by atoms with E-state index in [4.69, 9.17) is 10.4 Å². The third-order valence-electron chi connectivity index (χ3n) is 1.87. The molecule has 0 radical (unpaired) electrons. The van der Waals surface area contributed by atoms with Gasteiger partial charge in [-0.3, -0.25) is 4.79 Å². The lowest BCUT2D eigenvalue weighted by Gasteiger charge is -2.04. The van der Waals surface area contributed by atoms with E-state index in [1.165, 1.54) is 6.07 Å². The summed E-state index contributed by atoms with van der Waals surface area (Å²) in [5.41, 5.74) is -2.23. The highest BCUT2D eigenvalue weighted by Crippen LogP contribution is 2.07. The number of pyridine rings is 1. The van der Waals surface area contributed by atoms with Gasteiger partial charge < -0.3 is 14.8 Å². The van der Waals surface area contributed by atoms with Crippen LogP contribution in [0.25, 0.3) is 0 Å². The van der Waals surface area contributed by atoms with Crippen molar-refractivity contribution >= 4 is 11.9 Å². The average molecular weight is 236 g/mol. The highest BCUT2D eigenvalue weighted by Gasteiger charge is 2.19. The SMILES string of the molecule is CCOC(=O)c1cc(C(=O)O)[nH]c(=O)c1C#N. The van der Waals surface area contributed by atoms with E-state index in [0.29, 0.717) is 0 Å². The smallest absolute Gasteiger partial charge is 0.352 e. The molecule has 7 heteroatoms. The molecular formula is C10H8N2O5. The van der Waals surface area contributed by atoms with Gasteiger partial charge >= 0.3 is 11.9 Å². The molecule has 1 rings (SSSR count). The number of esters is 1. The largest absolute Gasteiger partial charge is 0.477 e. The number of hydrogen-bond acceptors (Lipinski definition) is 5. The maximum atomic E-state index is 11.4. The number of nitriles is 1. The Morgan fingerprint density at radius 2 is 2.24 bits per heavy atom. The summed E-state index contributed by atoms with van der Waals surface area (Å²) < 4.78 is 4.62. The summed E-state index contributed by atoms with van der Waals surface area (Å²) in [5, 5.41) is 17.4. The highest BCUT2D eigenvalue weighted by molar-refractivity contribution is 5.95. The lowest BCUT2D eigenvalue weighted by atomic mass is 10.1. The monoisotopic (exact) mass is 236 g/mol. The third kappa shape index (κ3) is 2.49. The third-order valence-corrected chi connectivity index (χ3v) is 1.87. The fraction of sp³-hybridized carbons (Fsp3) is 0.200. The number of carboxylic acid groups (broad SMARTS) is 1. The molecule has 0 fully saturated rings. The fourth-order valence-electron chi connectivity index (χ4n) is 1.16. The van der Waals surface area contributed by atoms with Crippen LogP contribution >= 0.6 is 0 Å². The summed E-state index contributed by atoms with van der Waals surface area (Å²) in [6, 6.07) is 2.43. The number of aromatic amines is 1. The zero-order valence-electron chi connectivity index (χ0n) is 8.81. The normalized spacial score (nSPS) is 9.41. The van der Waals surface area contributed by atoms with Gasteiger partial charge in [0.2, 0.25) is 0 Å². The van der Waals surface area contributed by atoms with E-state index >= 15 is 0 Å². The van der Waals surface area contributed by atoms with Crippen LogP contribution in [0.2, 0.25) is 0 Å². The van der Waals surface area contributed by atoms with Crippen molar-refractivity contribution in [1.82, 2.24) is 4.98 Å². The molecule has 17 heavy (non-hydrogen) atoms. The van der Waals surface area contributed by atoms with Gasteiger partial charge in [-0.05, 0) is 13.0 Å². The number of ether oxygens (including phenoxy) is 1. The maximum Gasteiger partial charge on any atom is 0.352 e. The molecule has 0 aliphatic rings. The molecule has 0 saturated carbocycles. The van der Waals surface area contributed by atoms with Gasteiger partial charge in [-0.25, -0.2) is 9.59 Å². The molecule has 0 bridgehead atoms. The number of carbonyl (C=O) groups excluding carboxylic acids is 1. The summed E-state index contributed by atoms with van der Waals surface area (Å²) in [5.74, 6) is -2.31. The summed E-state index contributed by atoms with van der Waals surface area (Å²) in [6.45, 7) is 1.61. The summed E-state index contributed by atoms with van der Waals surface area (Å²) in [4.78, 5) is 35.4. The van der Waals surface area contributed by atoms with Gasteiger partial charge in [0.25, 0.3) is 5.56 Å². The second-order valence-electron chi connectivity index (χ2n) is 2.94. The first-order valence-electron chi connectivity index (χ1n) is 4.59. The quantitative estimate of drug-likeness (QED) is 0.719. The van der Waals surface area contributed by atoms with Gasteiger partial charge in [0, 0.05) is 0 Å². The minimum Gasteiger partial charge on any atom is -0.477 e. The number of nitrogens with zero attached hydrogens (tertiary/aromatic N) is 1. The fourth-order valence-corrected chi connectivity index (χ4v) is 1.16. The number of carboxylic acids is 1.